The third-order valence-corrected chi connectivity index (χ3v) is 3.58. The minimum Gasteiger partial charge on any atom is -0.462 e. The lowest BCUT2D eigenvalue weighted by molar-refractivity contribution is -0.145. The highest BCUT2D eigenvalue weighted by Crippen LogP contribution is 2.24. The van der Waals surface area contributed by atoms with Crippen LogP contribution >= 0.6 is 11.6 Å². The smallest absolute Gasteiger partial charge is 0.327 e. The number of anilines is 1. The molecule has 0 aliphatic heterocycles. The molecule has 20 heavy (non-hydrogen) atoms. The first-order valence-electron chi connectivity index (χ1n) is 5.73. The van der Waals surface area contributed by atoms with Crippen LogP contribution in [0.15, 0.2) is 18.2 Å². The summed E-state index contributed by atoms with van der Waals surface area (Å²) >= 11 is 5.61. The minimum absolute atomic E-state index is 0.129. The maximum atomic E-state index is 13.8. The number of ether oxygens (including phenoxy) is 1. The van der Waals surface area contributed by atoms with E-state index in [9.17, 15) is 17.6 Å². The average Bonchev–Trinajstić information content (AvgIpc) is 2.24. The van der Waals surface area contributed by atoms with Crippen molar-refractivity contribution < 1.29 is 22.3 Å². The Kier molecular flexibility index (Phi) is 5.35. The van der Waals surface area contributed by atoms with Crippen LogP contribution in [-0.4, -0.2) is 33.3 Å². The Balaban J connectivity index is 3.11. The number of sulfonamides is 1. The van der Waals surface area contributed by atoms with E-state index in [0.717, 1.165) is 12.3 Å². The van der Waals surface area contributed by atoms with E-state index >= 15 is 0 Å². The van der Waals surface area contributed by atoms with Gasteiger partial charge in [0.1, 0.15) is 12.4 Å². The van der Waals surface area contributed by atoms with Gasteiger partial charge in [-0.2, -0.15) is 0 Å². The van der Waals surface area contributed by atoms with Crippen LogP contribution in [0, 0.1) is 5.82 Å². The topological polar surface area (TPSA) is 63.7 Å². The number of carbonyl (C=O) groups is 1. The molecule has 1 aromatic rings. The molecule has 0 saturated heterocycles. The third kappa shape index (κ3) is 4.64. The summed E-state index contributed by atoms with van der Waals surface area (Å²) in [5.41, 5.74) is -0.252. The van der Waals surface area contributed by atoms with Gasteiger partial charge >= 0.3 is 5.97 Å². The fourth-order valence-corrected chi connectivity index (χ4v) is 2.49. The Morgan fingerprint density at radius 3 is 2.50 bits per heavy atom. The largest absolute Gasteiger partial charge is 0.462 e. The van der Waals surface area contributed by atoms with Gasteiger partial charge in [0, 0.05) is 5.02 Å². The normalized spacial score (nSPS) is 11.5. The van der Waals surface area contributed by atoms with Crippen molar-refractivity contribution in [3.05, 3.63) is 29.0 Å². The molecule has 0 bridgehead atoms. The summed E-state index contributed by atoms with van der Waals surface area (Å²) in [7, 11) is -3.83. The van der Waals surface area contributed by atoms with Crippen LogP contribution in [-0.2, 0) is 19.6 Å². The van der Waals surface area contributed by atoms with Crippen LogP contribution < -0.4 is 4.31 Å². The molecule has 8 heteroatoms. The molecule has 0 fully saturated rings. The fraction of sp³-hybridized carbons (Fsp3) is 0.417. The number of esters is 1. The van der Waals surface area contributed by atoms with Crippen molar-refractivity contribution in [1.29, 1.82) is 0 Å². The first-order valence-corrected chi connectivity index (χ1v) is 7.96. The van der Waals surface area contributed by atoms with E-state index in [1.165, 1.54) is 12.1 Å². The first kappa shape index (κ1) is 16.7. The van der Waals surface area contributed by atoms with Crippen molar-refractivity contribution in [3.8, 4) is 0 Å². The minimum atomic E-state index is -3.83. The molecule has 5 nitrogen and oxygen atoms in total. The molecule has 0 radical (unpaired) electrons. The molecular formula is C12H15ClFNO4S. The molecule has 1 rings (SSSR count). The van der Waals surface area contributed by atoms with E-state index in [2.05, 4.69) is 0 Å². The lowest BCUT2D eigenvalue weighted by Crippen LogP contribution is -2.37. The summed E-state index contributed by atoms with van der Waals surface area (Å²) in [5.74, 6) is -1.60. The van der Waals surface area contributed by atoms with Crippen LogP contribution in [0.3, 0.4) is 0 Å². The fourth-order valence-electron chi connectivity index (χ4n) is 1.48. The van der Waals surface area contributed by atoms with E-state index in [4.69, 9.17) is 16.3 Å². The van der Waals surface area contributed by atoms with Gasteiger partial charge in [-0.1, -0.05) is 11.6 Å². The molecule has 0 aliphatic rings. The Hall–Kier alpha value is -1.34. The van der Waals surface area contributed by atoms with Gasteiger partial charge in [0.2, 0.25) is 10.0 Å². The Morgan fingerprint density at radius 1 is 1.45 bits per heavy atom. The molecule has 0 spiro atoms. The Morgan fingerprint density at radius 2 is 2.05 bits per heavy atom. The molecule has 1 aromatic carbocycles. The predicted molar refractivity (Wildman–Crippen MR) is 74.8 cm³/mol. The number of rotatable bonds is 5. The monoisotopic (exact) mass is 323 g/mol. The second-order valence-corrected chi connectivity index (χ2v) is 6.75. The SMILES string of the molecule is CC(C)OC(=O)CN(c1ccc(Cl)cc1F)S(C)(=O)=O. The molecular weight excluding hydrogens is 309 g/mol. The van der Waals surface area contributed by atoms with Gasteiger partial charge in [-0.15, -0.1) is 0 Å². The van der Waals surface area contributed by atoms with Crippen LogP contribution in [0.5, 0.6) is 0 Å². The summed E-state index contributed by atoms with van der Waals surface area (Å²) in [6.07, 6.45) is 0.489. The van der Waals surface area contributed by atoms with Crippen molar-refractivity contribution in [3.63, 3.8) is 0 Å². The summed E-state index contributed by atoms with van der Waals surface area (Å²) in [6.45, 7) is 2.66. The number of nitrogens with zero attached hydrogens (tertiary/aromatic N) is 1. The molecule has 0 N–H and O–H groups in total. The van der Waals surface area contributed by atoms with Gasteiger partial charge in [-0.25, -0.2) is 12.8 Å². The lowest BCUT2D eigenvalue weighted by atomic mass is 10.3. The van der Waals surface area contributed by atoms with Gasteiger partial charge in [-0.05, 0) is 32.0 Å². The summed E-state index contributed by atoms with van der Waals surface area (Å²) in [5, 5.41) is 0.129. The number of hydrogen-bond acceptors (Lipinski definition) is 4. The third-order valence-electron chi connectivity index (χ3n) is 2.22. The lowest BCUT2D eigenvalue weighted by Gasteiger charge is -2.22. The Labute approximate surface area is 122 Å². The van der Waals surface area contributed by atoms with E-state index in [1.54, 1.807) is 13.8 Å². The molecule has 0 atom stereocenters. The zero-order valence-corrected chi connectivity index (χ0v) is 12.8. The van der Waals surface area contributed by atoms with Gasteiger partial charge in [0.05, 0.1) is 18.0 Å². The van der Waals surface area contributed by atoms with Gasteiger partial charge in [0.15, 0.2) is 0 Å². The molecule has 0 saturated carbocycles. The van der Waals surface area contributed by atoms with Crippen molar-refractivity contribution in [2.24, 2.45) is 0 Å². The number of hydrogen-bond donors (Lipinski definition) is 0. The molecule has 0 heterocycles. The van der Waals surface area contributed by atoms with Gasteiger partial charge < -0.3 is 4.74 Å². The van der Waals surface area contributed by atoms with Crippen molar-refractivity contribution >= 4 is 33.3 Å². The van der Waals surface area contributed by atoms with E-state index in [1.807, 2.05) is 0 Å². The van der Waals surface area contributed by atoms with Crippen LogP contribution in [0.1, 0.15) is 13.8 Å². The summed E-state index contributed by atoms with van der Waals surface area (Å²) in [6, 6.07) is 3.51. The van der Waals surface area contributed by atoms with Crippen LogP contribution in [0.4, 0.5) is 10.1 Å². The van der Waals surface area contributed by atoms with Gasteiger partial charge in [0.25, 0.3) is 0 Å². The van der Waals surface area contributed by atoms with Crippen LogP contribution in [0.2, 0.25) is 5.02 Å². The number of carbonyl (C=O) groups excluding carboxylic acids is 1. The number of halogens is 2. The zero-order chi connectivity index (χ0) is 15.5. The molecule has 0 aromatic heterocycles. The predicted octanol–water partition coefficient (Wildman–Crippen LogP) is 2.20. The Bertz CT molecular complexity index is 603. The maximum Gasteiger partial charge on any atom is 0.327 e. The van der Waals surface area contributed by atoms with Crippen molar-refractivity contribution in [2.45, 2.75) is 20.0 Å². The van der Waals surface area contributed by atoms with Crippen molar-refractivity contribution in [2.75, 3.05) is 17.1 Å². The molecule has 112 valence electrons. The zero-order valence-electron chi connectivity index (χ0n) is 11.3. The second-order valence-electron chi connectivity index (χ2n) is 4.40. The van der Waals surface area contributed by atoms with Gasteiger partial charge in [-0.3, -0.25) is 9.10 Å². The van der Waals surface area contributed by atoms with Crippen molar-refractivity contribution in [1.82, 2.24) is 0 Å². The molecule has 0 aliphatic carbocycles. The summed E-state index contributed by atoms with van der Waals surface area (Å²) < 4.78 is 42.7. The first-order chi connectivity index (χ1) is 9.11. The van der Waals surface area contributed by atoms with Crippen LogP contribution in [0.25, 0.3) is 0 Å². The average molecular weight is 324 g/mol. The van der Waals surface area contributed by atoms with E-state index in [0.29, 0.717) is 4.31 Å². The maximum absolute atomic E-state index is 13.8. The molecule has 0 unspecified atom stereocenters. The number of benzene rings is 1. The quantitative estimate of drug-likeness (QED) is 0.779. The van der Waals surface area contributed by atoms with E-state index in [-0.39, 0.29) is 16.8 Å². The standard InChI is InChI=1S/C12H15ClFNO4S/c1-8(2)19-12(16)7-15(20(3,17)18)11-5-4-9(13)6-10(11)14/h4-6,8H,7H2,1-3H3. The second kappa shape index (κ2) is 6.41. The van der Waals surface area contributed by atoms with E-state index < -0.39 is 28.4 Å². The molecule has 0 amide bonds. The summed E-state index contributed by atoms with van der Waals surface area (Å²) in [4.78, 5) is 11.6. The highest BCUT2D eigenvalue weighted by atomic mass is 35.5. The highest BCUT2D eigenvalue weighted by molar-refractivity contribution is 7.92. The highest BCUT2D eigenvalue weighted by Gasteiger charge is 2.24.